The molecule has 1 amide bonds. The molecule has 0 aromatic carbocycles. The van der Waals surface area contributed by atoms with Crippen LogP contribution < -0.4 is 34.8 Å². The summed E-state index contributed by atoms with van der Waals surface area (Å²) < 4.78 is 0. The molecule has 0 radical (unpaired) electrons. The van der Waals surface area contributed by atoms with E-state index < -0.39 is 0 Å². The van der Waals surface area contributed by atoms with Gasteiger partial charge in [-0.3, -0.25) is 4.79 Å². The van der Waals surface area contributed by atoms with Gasteiger partial charge in [-0.2, -0.15) is 0 Å². The van der Waals surface area contributed by atoms with Crippen molar-refractivity contribution in [2.24, 2.45) is 5.41 Å². The highest BCUT2D eigenvalue weighted by Gasteiger charge is 2.11. The molecule has 14 heavy (non-hydrogen) atoms. The standard InChI is InChI=1S/C10H20N2O.HI/c1-8(2)9(13)12-11-7-6-10(3,4)5;/h11H,1,6-7H2,2-5H3,(H,12,13);1H. The molecule has 0 aliphatic heterocycles. The molecular weight excluding hydrogens is 291 g/mol. The maximum Gasteiger partial charge on any atom is 0.290 e. The molecule has 0 aliphatic carbocycles. The van der Waals surface area contributed by atoms with Gasteiger partial charge < -0.3 is 24.0 Å². The Kier molecular flexibility index (Phi) is 8.43. The summed E-state index contributed by atoms with van der Waals surface area (Å²) in [6, 6.07) is 0. The first-order valence-corrected chi connectivity index (χ1v) is 4.61. The summed E-state index contributed by atoms with van der Waals surface area (Å²) in [4.78, 5) is 11.0. The molecule has 0 spiro atoms. The second kappa shape index (κ2) is 7.23. The zero-order chi connectivity index (χ0) is 10.5. The Bertz CT molecular complexity index is 197. The fraction of sp³-hybridized carbons (Fsp3) is 0.700. The molecule has 3 N–H and O–H groups in total. The molecule has 3 nitrogen and oxygen atoms in total. The molecule has 0 heterocycles. The van der Waals surface area contributed by atoms with Gasteiger partial charge in [-0.05, 0) is 12.3 Å². The van der Waals surface area contributed by atoms with Crippen molar-refractivity contribution in [3.8, 4) is 0 Å². The molecule has 84 valence electrons. The van der Waals surface area contributed by atoms with E-state index in [1.54, 1.807) is 6.92 Å². The summed E-state index contributed by atoms with van der Waals surface area (Å²) in [7, 11) is 0. The van der Waals surface area contributed by atoms with Crippen molar-refractivity contribution in [3.05, 3.63) is 12.2 Å². The zero-order valence-electron chi connectivity index (χ0n) is 9.48. The lowest BCUT2D eigenvalue weighted by molar-refractivity contribution is -0.699. The normalized spacial score (nSPS) is 10.3. The van der Waals surface area contributed by atoms with Crippen molar-refractivity contribution in [2.75, 3.05) is 6.54 Å². The zero-order valence-corrected chi connectivity index (χ0v) is 11.6. The van der Waals surface area contributed by atoms with Gasteiger partial charge in [0.1, 0.15) is 0 Å². The van der Waals surface area contributed by atoms with Crippen LogP contribution in [0.25, 0.3) is 0 Å². The molecule has 0 aromatic rings. The Hall–Kier alpha value is -0.100. The van der Waals surface area contributed by atoms with Gasteiger partial charge in [0.25, 0.3) is 5.91 Å². The first-order chi connectivity index (χ1) is 5.83. The molecule has 0 saturated heterocycles. The smallest absolute Gasteiger partial charge is 0.290 e. The lowest BCUT2D eigenvalue weighted by atomic mass is 9.93. The maximum atomic E-state index is 11.0. The van der Waals surface area contributed by atoms with Crippen molar-refractivity contribution in [3.63, 3.8) is 0 Å². The molecule has 0 fully saturated rings. The summed E-state index contributed by atoms with van der Waals surface area (Å²) in [6.07, 6.45) is 1.07. The first-order valence-electron chi connectivity index (χ1n) is 4.61. The number of amides is 1. The number of hydrogen-bond donors (Lipinski definition) is 2. The van der Waals surface area contributed by atoms with Gasteiger partial charge in [0.2, 0.25) is 0 Å². The summed E-state index contributed by atoms with van der Waals surface area (Å²) in [6.45, 7) is 12.7. The van der Waals surface area contributed by atoms with Gasteiger partial charge in [-0.1, -0.05) is 27.4 Å². The maximum absolute atomic E-state index is 11.0. The number of halogens is 1. The van der Waals surface area contributed by atoms with Crippen LogP contribution in [0.1, 0.15) is 34.1 Å². The van der Waals surface area contributed by atoms with Gasteiger partial charge in [-0.15, -0.1) is 0 Å². The van der Waals surface area contributed by atoms with Crippen LogP contribution >= 0.6 is 0 Å². The predicted molar refractivity (Wildman–Crippen MR) is 53.8 cm³/mol. The van der Waals surface area contributed by atoms with E-state index in [9.17, 15) is 4.79 Å². The molecule has 0 rings (SSSR count). The SMILES string of the molecule is C=C(C)C(=O)N[NH2+]CCC(C)(C)C.[I-]. The van der Waals surface area contributed by atoms with Crippen molar-refractivity contribution >= 4 is 5.91 Å². The van der Waals surface area contributed by atoms with E-state index >= 15 is 0 Å². The molecular formula is C10H21IN2O. The monoisotopic (exact) mass is 312 g/mol. The molecule has 0 unspecified atom stereocenters. The van der Waals surface area contributed by atoms with Crippen LogP contribution in [0.2, 0.25) is 0 Å². The third-order valence-corrected chi connectivity index (χ3v) is 1.66. The van der Waals surface area contributed by atoms with E-state index in [1.807, 2.05) is 5.43 Å². The van der Waals surface area contributed by atoms with Crippen LogP contribution in [-0.4, -0.2) is 12.5 Å². The second-order valence-corrected chi connectivity index (χ2v) is 4.56. The van der Waals surface area contributed by atoms with Gasteiger partial charge in [0.15, 0.2) is 0 Å². The van der Waals surface area contributed by atoms with Crippen LogP contribution in [-0.2, 0) is 4.79 Å². The predicted octanol–water partition coefficient (Wildman–Crippen LogP) is -2.40. The minimum Gasteiger partial charge on any atom is -1.00 e. The average molecular weight is 312 g/mol. The van der Waals surface area contributed by atoms with Crippen molar-refractivity contribution in [1.82, 2.24) is 5.43 Å². The van der Waals surface area contributed by atoms with E-state index in [2.05, 4.69) is 32.8 Å². The van der Waals surface area contributed by atoms with E-state index in [0.717, 1.165) is 13.0 Å². The van der Waals surface area contributed by atoms with Crippen molar-refractivity contribution in [1.29, 1.82) is 0 Å². The molecule has 0 atom stereocenters. The van der Waals surface area contributed by atoms with Crippen LogP contribution in [0.4, 0.5) is 0 Å². The summed E-state index contributed by atoms with van der Waals surface area (Å²) in [5.41, 5.74) is 5.37. The summed E-state index contributed by atoms with van der Waals surface area (Å²) in [5.74, 6) is -0.0890. The fourth-order valence-corrected chi connectivity index (χ4v) is 0.793. The second-order valence-electron chi connectivity index (χ2n) is 4.56. The van der Waals surface area contributed by atoms with Crippen LogP contribution in [0.5, 0.6) is 0 Å². The van der Waals surface area contributed by atoms with E-state index in [0.29, 0.717) is 11.0 Å². The molecule has 0 saturated carbocycles. The van der Waals surface area contributed by atoms with Crippen molar-refractivity contribution in [2.45, 2.75) is 34.1 Å². The molecule has 0 aromatic heterocycles. The fourth-order valence-electron chi connectivity index (χ4n) is 0.793. The first kappa shape index (κ1) is 16.3. The number of carbonyl (C=O) groups excluding carboxylic acids is 1. The number of carbonyl (C=O) groups is 1. The van der Waals surface area contributed by atoms with E-state index in [4.69, 9.17) is 0 Å². The lowest BCUT2D eigenvalue weighted by Crippen LogP contribution is -3.00. The quantitative estimate of drug-likeness (QED) is 0.149. The Balaban J connectivity index is 0. The average Bonchev–Trinajstić information content (AvgIpc) is 1.95. The van der Waals surface area contributed by atoms with E-state index in [-0.39, 0.29) is 29.9 Å². The number of rotatable bonds is 4. The number of quaternary nitrogens is 1. The third kappa shape index (κ3) is 9.98. The van der Waals surface area contributed by atoms with Gasteiger partial charge >= 0.3 is 0 Å². The van der Waals surface area contributed by atoms with Crippen molar-refractivity contribution < 1.29 is 34.2 Å². The molecule has 0 aliphatic rings. The third-order valence-electron chi connectivity index (χ3n) is 1.66. The highest BCUT2D eigenvalue weighted by molar-refractivity contribution is 5.90. The topological polar surface area (TPSA) is 45.7 Å². The Morgan fingerprint density at radius 3 is 2.29 bits per heavy atom. The Morgan fingerprint density at radius 1 is 1.43 bits per heavy atom. The minimum atomic E-state index is -0.0890. The largest absolute Gasteiger partial charge is 1.00 e. The summed E-state index contributed by atoms with van der Waals surface area (Å²) in [5, 5.41) is 0. The Morgan fingerprint density at radius 2 is 1.93 bits per heavy atom. The number of nitrogens with one attached hydrogen (secondary N) is 1. The van der Waals surface area contributed by atoms with Gasteiger partial charge in [0, 0.05) is 12.0 Å². The highest BCUT2D eigenvalue weighted by Crippen LogP contribution is 2.15. The van der Waals surface area contributed by atoms with Gasteiger partial charge in [0.05, 0.1) is 6.54 Å². The molecule has 0 bridgehead atoms. The van der Waals surface area contributed by atoms with Crippen LogP contribution in [0, 0.1) is 5.41 Å². The number of hydrogen-bond acceptors (Lipinski definition) is 1. The number of nitrogens with two attached hydrogens (primary N) is 1. The lowest BCUT2D eigenvalue weighted by Gasteiger charge is -2.16. The Labute approximate surface area is 104 Å². The van der Waals surface area contributed by atoms with E-state index in [1.165, 1.54) is 0 Å². The molecule has 4 heteroatoms. The van der Waals surface area contributed by atoms with Crippen LogP contribution in [0.15, 0.2) is 12.2 Å². The highest BCUT2D eigenvalue weighted by atomic mass is 127. The summed E-state index contributed by atoms with van der Waals surface area (Å²) >= 11 is 0. The van der Waals surface area contributed by atoms with Gasteiger partial charge in [-0.25, -0.2) is 10.9 Å². The van der Waals surface area contributed by atoms with Crippen LogP contribution in [0.3, 0.4) is 0 Å². The minimum absolute atomic E-state index is 0.